The fourth-order valence-electron chi connectivity index (χ4n) is 0.815. The maximum Gasteiger partial charge on any atom is 0.216 e. The summed E-state index contributed by atoms with van der Waals surface area (Å²) in [7, 11) is 0. The van der Waals surface area contributed by atoms with Gasteiger partial charge in [-0.25, -0.2) is 4.98 Å². The van der Waals surface area contributed by atoms with Crippen molar-refractivity contribution in [3.05, 3.63) is 24.4 Å². The Kier molecular flexibility index (Phi) is 4.32. The first-order chi connectivity index (χ1) is 6.29. The van der Waals surface area contributed by atoms with Crippen molar-refractivity contribution in [2.45, 2.75) is 11.9 Å². The van der Waals surface area contributed by atoms with Gasteiger partial charge >= 0.3 is 0 Å². The molecular formula is C9H12N2OS. The summed E-state index contributed by atoms with van der Waals surface area (Å²) < 4.78 is 0. The van der Waals surface area contributed by atoms with Gasteiger partial charge in [-0.2, -0.15) is 0 Å². The highest BCUT2D eigenvalue weighted by Crippen LogP contribution is 2.12. The molecule has 1 aromatic rings. The molecule has 70 valence electrons. The number of hydrogen-bond donors (Lipinski definition) is 1. The summed E-state index contributed by atoms with van der Waals surface area (Å²) in [6.45, 7) is 2.21. The summed E-state index contributed by atoms with van der Waals surface area (Å²) in [6, 6.07) is 5.80. The van der Waals surface area contributed by atoms with Crippen LogP contribution in [0.3, 0.4) is 0 Å². The van der Waals surface area contributed by atoms with Crippen molar-refractivity contribution in [2.24, 2.45) is 0 Å². The fraction of sp³-hybridized carbons (Fsp3) is 0.333. The predicted octanol–water partition coefficient (Wildman–Crippen LogP) is 1.31. The lowest BCUT2D eigenvalue weighted by Crippen LogP contribution is -2.22. The van der Waals surface area contributed by atoms with Gasteiger partial charge in [-0.3, -0.25) is 4.79 Å². The van der Waals surface area contributed by atoms with Crippen LogP contribution in [0.15, 0.2) is 29.4 Å². The van der Waals surface area contributed by atoms with Crippen molar-refractivity contribution < 1.29 is 4.79 Å². The normalized spacial score (nSPS) is 9.62. The second-order valence-corrected chi connectivity index (χ2v) is 3.61. The van der Waals surface area contributed by atoms with Crippen LogP contribution >= 0.6 is 11.8 Å². The van der Waals surface area contributed by atoms with E-state index in [1.165, 1.54) is 6.92 Å². The number of carbonyl (C=O) groups is 1. The number of aromatic nitrogens is 1. The van der Waals surface area contributed by atoms with Crippen LogP contribution in [0.2, 0.25) is 0 Å². The Balaban J connectivity index is 2.17. The topological polar surface area (TPSA) is 42.0 Å². The average Bonchev–Trinajstić information content (AvgIpc) is 2.14. The molecule has 1 amide bonds. The van der Waals surface area contributed by atoms with Gasteiger partial charge in [0.25, 0.3) is 0 Å². The molecule has 0 aromatic carbocycles. The quantitative estimate of drug-likeness (QED) is 0.583. The van der Waals surface area contributed by atoms with E-state index in [0.717, 1.165) is 10.8 Å². The SMILES string of the molecule is CC(=O)NCCSc1ccccn1. The Morgan fingerprint density at radius 3 is 3.08 bits per heavy atom. The summed E-state index contributed by atoms with van der Waals surface area (Å²) >= 11 is 1.64. The molecule has 0 aliphatic rings. The van der Waals surface area contributed by atoms with Crippen LogP contribution in [-0.4, -0.2) is 23.2 Å². The number of hydrogen-bond acceptors (Lipinski definition) is 3. The number of pyridine rings is 1. The van der Waals surface area contributed by atoms with Gasteiger partial charge in [0.05, 0.1) is 5.03 Å². The average molecular weight is 196 g/mol. The molecule has 13 heavy (non-hydrogen) atoms. The van der Waals surface area contributed by atoms with Crippen molar-refractivity contribution in [2.75, 3.05) is 12.3 Å². The third-order valence-electron chi connectivity index (χ3n) is 1.36. The van der Waals surface area contributed by atoms with Gasteiger partial charge in [-0.05, 0) is 12.1 Å². The lowest BCUT2D eigenvalue weighted by molar-refractivity contribution is -0.118. The number of carbonyl (C=O) groups excluding carboxylic acids is 1. The largest absolute Gasteiger partial charge is 0.356 e. The first-order valence-corrected chi connectivity index (χ1v) is 5.06. The summed E-state index contributed by atoms with van der Waals surface area (Å²) in [6.07, 6.45) is 1.76. The van der Waals surface area contributed by atoms with E-state index < -0.39 is 0 Å². The molecule has 1 rings (SSSR count). The molecular weight excluding hydrogens is 184 g/mol. The Morgan fingerprint density at radius 2 is 2.46 bits per heavy atom. The predicted molar refractivity (Wildman–Crippen MR) is 53.6 cm³/mol. The second kappa shape index (κ2) is 5.59. The minimum atomic E-state index is 0.0154. The van der Waals surface area contributed by atoms with Gasteiger partial charge in [0.15, 0.2) is 0 Å². The van der Waals surface area contributed by atoms with Gasteiger partial charge in [0, 0.05) is 25.4 Å². The molecule has 0 radical (unpaired) electrons. The first kappa shape index (κ1) is 10.1. The van der Waals surface area contributed by atoms with Gasteiger partial charge < -0.3 is 5.32 Å². The monoisotopic (exact) mass is 196 g/mol. The first-order valence-electron chi connectivity index (χ1n) is 4.07. The van der Waals surface area contributed by atoms with Crippen molar-refractivity contribution in [3.63, 3.8) is 0 Å². The van der Waals surface area contributed by atoms with Crippen molar-refractivity contribution in [1.82, 2.24) is 10.3 Å². The number of amides is 1. The van der Waals surface area contributed by atoms with Crippen LogP contribution in [0, 0.1) is 0 Å². The molecule has 4 heteroatoms. The zero-order valence-corrected chi connectivity index (χ0v) is 8.30. The van der Waals surface area contributed by atoms with Crippen LogP contribution in [0.4, 0.5) is 0 Å². The summed E-state index contributed by atoms with van der Waals surface area (Å²) in [5.41, 5.74) is 0. The van der Waals surface area contributed by atoms with Crippen molar-refractivity contribution in [1.29, 1.82) is 0 Å². The molecule has 0 fully saturated rings. The molecule has 0 bridgehead atoms. The summed E-state index contributed by atoms with van der Waals surface area (Å²) in [5, 5.41) is 3.72. The summed E-state index contributed by atoms with van der Waals surface area (Å²) in [4.78, 5) is 14.7. The molecule has 1 N–H and O–H groups in total. The van der Waals surface area contributed by atoms with E-state index in [-0.39, 0.29) is 5.91 Å². The second-order valence-electron chi connectivity index (χ2n) is 2.50. The maximum absolute atomic E-state index is 10.5. The number of thioether (sulfide) groups is 1. The lowest BCUT2D eigenvalue weighted by atomic mass is 10.5. The van der Waals surface area contributed by atoms with Crippen LogP contribution in [-0.2, 0) is 4.79 Å². The van der Waals surface area contributed by atoms with E-state index in [4.69, 9.17) is 0 Å². The van der Waals surface area contributed by atoms with E-state index in [1.807, 2.05) is 18.2 Å². The molecule has 0 unspecified atom stereocenters. The number of nitrogens with zero attached hydrogens (tertiary/aromatic N) is 1. The minimum Gasteiger partial charge on any atom is -0.356 e. The number of rotatable bonds is 4. The number of nitrogens with one attached hydrogen (secondary N) is 1. The highest BCUT2D eigenvalue weighted by atomic mass is 32.2. The Bertz CT molecular complexity index is 264. The molecule has 0 aliphatic heterocycles. The van der Waals surface area contributed by atoms with Crippen LogP contribution < -0.4 is 5.32 Å². The Labute approximate surface area is 81.9 Å². The van der Waals surface area contributed by atoms with Crippen LogP contribution in [0.5, 0.6) is 0 Å². The molecule has 1 aromatic heterocycles. The Hall–Kier alpha value is -1.03. The molecule has 0 aliphatic carbocycles. The van der Waals surface area contributed by atoms with E-state index in [2.05, 4.69) is 10.3 Å². The highest BCUT2D eigenvalue weighted by molar-refractivity contribution is 7.99. The van der Waals surface area contributed by atoms with E-state index in [0.29, 0.717) is 6.54 Å². The van der Waals surface area contributed by atoms with Crippen LogP contribution in [0.1, 0.15) is 6.92 Å². The Morgan fingerprint density at radius 1 is 1.62 bits per heavy atom. The zero-order chi connectivity index (χ0) is 9.52. The fourth-order valence-corrected chi connectivity index (χ4v) is 1.54. The molecule has 0 atom stereocenters. The van der Waals surface area contributed by atoms with E-state index in [1.54, 1.807) is 18.0 Å². The third kappa shape index (κ3) is 4.52. The maximum atomic E-state index is 10.5. The van der Waals surface area contributed by atoms with Gasteiger partial charge in [0.2, 0.25) is 5.91 Å². The third-order valence-corrected chi connectivity index (χ3v) is 2.31. The van der Waals surface area contributed by atoms with Crippen molar-refractivity contribution >= 4 is 17.7 Å². The lowest BCUT2D eigenvalue weighted by Gasteiger charge is -2.00. The van der Waals surface area contributed by atoms with E-state index in [9.17, 15) is 4.79 Å². The van der Waals surface area contributed by atoms with Crippen molar-refractivity contribution in [3.8, 4) is 0 Å². The molecule has 0 saturated carbocycles. The standard InChI is InChI=1S/C9H12N2OS/c1-8(12)10-6-7-13-9-4-2-3-5-11-9/h2-5H,6-7H2,1H3,(H,10,12). The summed E-state index contributed by atoms with van der Waals surface area (Å²) in [5.74, 6) is 0.873. The van der Waals surface area contributed by atoms with E-state index >= 15 is 0 Å². The molecule has 0 saturated heterocycles. The van der Waals surface area contributed by atoms with Gasteiger partial charge in [-0.1, -0.05) is 6.07 Å². The molecule has 0 spiro atoms. The molecule has 1 heterocycles. The minimum absolute atomic E-state index is 0.0154. The zero-order valence-electron chi connectivity index (χ0n) is 7.49. The highest BCUT2D eigenvalue weighted by Gasteiger charge is 1.94. The van der Waals surface area contributed by atoms with Gasteiger partial charge in [-0.15, -0.1) is 11.8 Å². The molecule has 3 nitrogen and oxygen atoms in total. The van der Waals surface area contributed by atoms with Crippen LogP contribution in [0.25, 0.3) is 0 Å². The van der Waals surface area contributed by atoms with Gasteiger partial charge in [0.1, 0.15) is 0 Å². The smallest absolute Gasteiger partial charge is 0.216 e.